The highest BCUT2D eigenvalue weighted by Crippen LogP contribution is 2.22. The number of carbonyl (C=O) groups is 2. The third kappa shape index (κ3) is 5.48. The number of carbonyl (C=O) groups excluding carboxylic acids is 2. The van der Waals surface area contributed by atoms with Gasteiger partial charge in [0.25, 0.3) is 0 Å². The van der Waals surface area contributed by atoms with Crippen LogP contribution in [0.15, 0.2) is 42.5 Å². The van der Waals surface area contributed by atoms with Crippen molar-refractivity contribution >= 4 is 35.1 Å². The number of rotatable bonds is 6. The van der Waals surface area contributed by atoms with Crippen LogP contribution < -0.4 is 0 Å². The van der Waals surface area contributed by atoms with Crippen molar-refractivity contribution in [1.82, 2.24) is 0 Å². The molecule has 0 amide bonds. The standard InChI is InChI=1S/C19H18Cl2O4/c1-12(2)10-24-18(22)15-5-3-4-6-16(15)19(23)25-11-13-9-14(20)7-8-17(13)21/h3-9,12H,10-11H2,1-2H3. The summed E-state index contributed by atoms with van der Waals surface area (Å²) in [7, 11) is 0. The molecule has 2 rings (SSSR count). The summed E-state index contributed by atoms with van der Waals surface area (Å²) in [5.41, 5.74) is 0.905. The van der Waals surface area contributed by atoms with E-state index in [9.17, 15) is 9.59 Å². The van der Waals surface area contributed by atoms with Crippen LogP contribution in [0.4, 0.5) is 0 Å². The highest BCUT2D eigenvalue weighted by atomic mass is 35.5. The van der Waals surface area contributed by atoms with Gasteiger partial charge in [0.1, 0.15) is 6.61 Å². The molecule has 0 bridgehead atoms. The molecule has 0 spiro atoms. The van der Waals surface area contributed by atoms with Gasteiger partial charge >= 0.3 is 11.9 Å². The number of benzene rings is 2. The minimum atomic E-state index is -0.631. The number of esters is 2. The van der Waals surface area contributed by atoms with Gasteiger partial charge in [-0.2, -0.15) is 0 Å². The monoisotopic (exact) mass is 380 g/mol. The van der Waals surface area contributed by atoms with Crippen LogP contribution >= 0.6 is 23.2 Å². The summed E-state index contributed by atoms with van der Waals surface area (Å²) in [4.78, 5) is 24.6. The van der Waals surface area contributed by atoms with Crippen molar-refractivity contribution in [3.63, 3.8) is 0 Å². The molecule has 0 aliphatic carbocycles. The van der Waals surface area contributed by atoms with E-state index in [1.54, 1.807) is 30.3 Å². The zero-order valence-electron chi connectivity index (χ0n) is 13.9. The second-order valence-electron chi connectivity index (χ2n) is 5.85. The van der Waals surface area contributed by atoms with Crippen LogP contribution in [-0.4, -0.2) is 18.5 Å². The van der Waals surface area contributed by atoms with E-state index in [2.05, 4.69) is 0 Å². The van der Waals surface area contributed by atoms with Crippen molar-refractivity contribution in [2.24, 2.45) is 5.92 Å². The first-order chi connectivity index (χ1) is 11.9. The summed E-state index contributed by atoms with van der Waals surface area (Å²) in [6.07, 6.45) is 0. The van der Waals surface area contributed by atoms with Crippen LogP contribution in [0.2, 0.25) is 10.0 Å². The Morgan fingerprint density at radius 2 is 1.56 bits per heavy atom. The van der Waals surface area contributed by atoms with Crippen molar-refractivity contribution in [1.29, 1.82) is 0 Å². The summed E-state index contributed by atoms with van der Waals surface area (Å²) >= 11 is 12.0. The highest BCUT2D eigenvalue weighted by Gasteiger charge is 2.19. The van der Waals surface area contributed by atoms with E-state index in [1.807, 2.05) is 13.8 Å². The average Bonchev–Trinajstić information content (AvgIpc) is 2.60. The lowest BCUT2D eigenvalue weighted by Crippen LogP contribution is -2.16. The predicted octanol–water partition coefficient (Wildman–Crippen LogP) is 5.16. The summed E-state index contributed by atoms with van der Waals surface area (Å²) in [6.45, 7) is 4.10. The van der Waals surface area contributed by atoms with Gasteiger partial charge in [-0.15, -0.1) is 0 Å². The maximum atomic E-state index is 12.4. The van der Waals surface area contributed by atoms with Gasteiger partial charge in [0.2, 0.25) is 0 Å². The topological polar surface area (TPSA) is 52.6 Å². The van der Waals surface area contributed by atoms with Gasteiger partial charge in [0.05, 0.1) is 17.7 Å². The average molecular weight is 381 g/mol. The van der Waals surface area contributed by atoms with Crippen molar-refractivity contribution in [3.8, 4) is 0 Å². The van der Waals surface area contributed by atoms with Crippen molar-refractivity contribution < 1.29 is 19.1 Å². The summed E-state index contributed by atoms with van der Waals surface area (Å²) in [6, 6.07) is 11.3. The zero-order valence-corrected chi connectivity index (χ0v) is 15.4. The zero-order chi connectivity index (χ0) is 18.4. The number of ether oxygens (including phenoxy) is 2. The lowest BCUT2D eigenvalue weighted by atomic mass is 10.1. The highest BCUT2D eigenvalue weighted by molar-refractivity contribution is 6.33. The van der Waals surface area contributed by atoms with Crippen LogP contribution in [0, 0.1) is 5.92 Å². The molecule has 2 aromatic rings. The molecule has 25 heavy (non-hydrogen) atoms. The molecule has 4 nitrogen and oxygen atoms in total. The van der Waals surface area contributed by atoms with Crippen LogP contribution in [-0.2, 0) is 16.1 Å². The summed E-state index contributed by atoms with van der Waals surface area (Å²) in [5, 5.41) is 0.940. The minimum absolute atomic E-state index is 0.0480. The fourth-order valence-corrected chi connectivity index (χ4v) is 2.40. The van der Waals surface area contributed by atoms with E-state index in [0.29, 0.717) is 15.6 Å². The second kappa shape index (κ2) is 8.88. The molecule has 0 unspecified atom stereocenters. The maximum absolute atomic E-state index is 12.4. The first kappa shape index (κ1) is 19.3. The van der Waals surface area contributed by atoms with Crippen molar-refractivity contribution in [2.45, 2.75) is 20.5 Å². The maximum Gasteiger partial charge on any atom is 0.339 e. The molecule has 132 valence electrons. The van der Waals surface area contributed by atoms with Crippen molar-refractivity contribution in [2.75, 3.05) is 6.61 Å². The Kier molecular flexibility index (Phi) is 6.85. The molecule has 0 fully saturated rings. The van der Waals surface area contributed by atoms with Gasteiger partial charge in [0.15, 0.2) is 0 Å². The fraction of sp³-hybridized carbons (Fsp3) is 0.263. The van der Waals surface area contributed by atoms with E-state index >= 15 is 0 Å². The smallest absolute Gasteiger partial charge is 0.339 e. The van der Waals surface area contributed by atoms with Crippen LogP contribution in [0.1, 0.15) is 40.1 Å². The Morgan fingerprint density at radius 1 is 0.960 bits per heavy atom. The molecule has 0 N–H and O–H groups in total. The third-order valence-corrected chi connectivity index (χ3v) is 3.89. The molecule has 0 saturated carbocycles. The van der Waals surface area contributed by atoms with Gasteiger partial charge in [-0.05, 0) is 36.2 Å². The van der Waals surface area contributed by atoms with Crippen molar-refractivity contribution in [3.05, 3.63) is 69.2 Å². The lowest BCUT2D eigenvalue weighted by Gasteiger charge is -2.11. The Bertz CT molecular complexity index is 772. The molecule has 0 aromatic heterocycles. The summed E-state index contributed by atoms with van der Waals surface area (Å²) < 4.78 is 10.5. The predicted molar refractivity (Wildman–Crippen MR) is 97.1 cm³/mol. The quantitative estimate of drug-likeness (QED) is 0.649. The molecule has 0 radical (unpaired) electrons. The van der Waals surface area contributed by atoms with Gasteiger partial charge in [-0.25, -0.2) is 9.59 Å². The number of halogens is 2. The normalized spacial score (nSPS) is 10.6. The van der Waals surface area contributed by atoms with Gasteiger partial charge in [-0.1, -0.05) is 49.2 Å². The lowest BCUT2D eigenvalue weighted by molar-refractivity contribution is 0.0418. The van der Waals surface area contributed by atoms with Gasteiger partial charge in [-0.3, -0.25) is 0 Å². The molecular formula is C19H18Cl2O4. The van der Waals surface area contributed by atoms with E-state index < -0.39 is 11.9 Å². The van der Waals surface area contributed by atoms with E-state index in [1.165, 1.54) is 12.1 Å². The van der Waals surface area contributed by atoms with Gasteiger partial charge in [0, 0.05) is 15.6 Å². The number of hydrogen-bond donors (Lipinski definition) is 0. The SMILES string of the molecule is CC(C)COC(=O)c1ccccc1C(=O)OCc1cc(Cl)ccc1Cl. The fourth-order valence-electron chi connectivity index (χ4n) is 2.03. The Balaban J connectivity index is 2.11. The molecule has 0 atom stereocenters. The number of hydrogen-bond acceptors (Lipinski definition) is 4. The van der Waals surface area contributed by atoms with E-state index in [0.717, 1.165) is 0 Å². The van der Waals surface area contributed by atoms with Crippen LogP contribution in [0.25, 0.3) is 0 Å². The first-order valence-corrected chi connectivity index (χ1v) is 8.51. The molecule has 2 aromatic carbocycles. The Labute approximate surface area is 156 Å². The molecule has 0 aliphatic heterocycles. The Hall–Kier alpha value is -2.04. The third-order valence-electron chi connectivity index (χ3n) is 3.28. The van der Waals surface area contributed by atoms with Crippen LogP contribution in [0.3, 0.4) is 0 Å². The molecule has 0 heterocycles. The minimum Gasteiger partial charge on any atom is -0.462 e. The molecular weight excluding hydrogens is 363 g/mol. The summed E-state index contributed by atoms with van der Waals surface area (Å²) in [5.74, 6) is -0.983. The van der Waals surface area contributed by atoms with E-state index in [-0.39, 0.29) is 30.3 Å². The van der Waals surface area contributed by atoms with Gasteiger partial charge < -0.3 is 9.47 Å². The molecule has 0 aliphatic rings. The molecule has 0 saturated heterocycles. The first-order valence-electron chi connectivity index (χ1n) is 7.75. The van der Waals surface area contributed by atoms with E-state index in [4.69, 9.17) is 32.7 Å². The van der Waals surface area contributed by atoms with Crippen LogP contribution in [0.5, 0.6) is 0 Å². The molecule has 6 heteroatoms. The largest absolute Gasteiger partial charge is 0.462 e. The Morgan fingerprint density at radius 3 is 2.16 bits per heavy atom. The second-order valence-corrected chi connectivity index (χ2v) is 6.69.